The lowest BCUT2D eigenvalue weighted by atomic mass is 9.85. The van der Waals surface area contributed by atoms with Gasteiger partial charge in [0.15, 0.2) is 0 Å². The van der Waals surface area contributed by atoms with Crippen molar-refractivity contribution in [1.29, 1.82) is 0 Å². The number of carbonyl (C=O) groups is 6. The highest BCUT2D eigenvalue weighted by Gasteiger charge is 2.46. The summed E-state index contributed by atoms with van der Waals surface area (Å²) in [6.07, 6.45) is 2.68. The van der Waals surface area contributed by atoms with Crippen molar-refractivity contribution in [3.8, 4) is 23.7 Å². The highest BCUT2D eigenvalue weighted by atomic mass is 16.5. The van der Waals surface area contributed by atoms with Crippen molar-refractivity contribution in [2.75, 3.05) is 40.4 Å². The quantitative estimate of drug-likeness (QED) is 0.136. The Morgan fingerprint density at radius 3 is 1.34 bits per heavy atom. The lowest BCUT2D eigenvalue weighted by Crippen LogP contribution is -2.59. The Morgan fingerprint density at radius 2 is 0.986 bits per heavy atom. The van der Waals surface area contributed by atoms with Gasteiger partial charge in [0.25, 0.3) is 0 Å². The molecule has 378 valence electrons. The van der Waals surface area contributed by atoms with Crippen LogP contribution in [0.4, 0.5) is 0 Å². The monoisotopic (exact) mass is 963 g/mol. The van der Waals surface area contributed by atoms with Gasteiger partial charge in [0.05, 0.1) is 36.4 Å². The minimum atomic E-state index is -0.818. The molecule has 0 spiro atoms. The number of amides is 6. The van der Waals surface area contributed by atoms with Gasteiger partial charge in [-0.3, -0.25) is 28.8 Å². The molecular formula is C54H74N8O8. The van der Waals surface area contributed by atoms with Crippen molar-refractivity contribution in [1.82, 2.24) is 41.7 Å². The van der Waals surface area contributed by atoms with Crippen molar-refractivity contribution < 1.29 is 38.2 Å². The van der Waals surface area contributed by atoms with E-state index in [0.717, 1.165) is 22.3 Å². The first-order valence-electron chi connectivity index (χ1n) is 24.8. The number of benzene rings is 2. The van der Waals surface area contributed by atoms with Crippen LogP contribution in [0.1, 0.15) is 115 Å². The predicted octanol–water partition coefficient (Wildman–Crippen LogP) is 2.85. The van der Waals surface area contributed by atoms with Gasteiger partial charge in [0.2, 0.25) is 35.4 Å². The number of hydrogen-bond acceptors (Lipinski definition) is 10. The number of likely N-dealkylation sites (N-methyl/N-ethyl adjacent to an activating group) is 2. The molecule has 2 fully saturated rings. The number of nitrogens with one attached hydrogen (secondary N) is 6. The average Bonchev–Trinajstić information content (AvgIpc) is 4.15. The summed E-state index contributed by atoms with van der Waals surface area (Å²) in [4.78, 5) is 85.2. The molecule has 0 aromatic heterocycles. The maximum absolute atomic E-state index is 14.1. The van der Waals surface area contributed by atoms with Gasteiger partial charge in [-0.25, -0.2) is 0 Å². The van der Waals surface area contributed by atoms with Gasteiger partial charge < -0.3 is 51.2 Å². The Kier molecular flexibility index (Phi) is 17.9. The minimum Gasteiger partial charge on any atom is -0.363 e. The van der Waals surface area contributed by atoms with Gasteiger partial charge in [-0.05, 0) is 98.6 Å². The van der Waals surface area contributed by atoms with E-state index in [-0.39, 0.29) is 48.7 Å². The number of hydrogen-bond donors (Lipinski definition) is 6. The largest absolute Gasteiger partial charge is 0.363 e. The molecule has 16 heteroatoms. The Hall–Kier alpha value is -5.78. The summed E-state index contributed by atoms with van der Waals surface area (Å²) >= 11 is 0. The van der Waals surface area contributed by atoms with Gasteiger partial charge in [0.1, 0.15) is 37.4 Å². The maximum Gasteiger partial charge on any atom is 0.246 e. The van der Waals surface area contributed by atoms with Crippen molar-refractivity contribution in [2.45, 2.75) is 154 Å². The van der Waals surface area contributed by atoms with E-state index in [4.69, 9.17) is 9.47 Å². The van der Waals surface area contributed by atoms with Crippen molar-refractivity contribution in [3.05, 3.63) is 70.8 Å². The molecular weight excluding hydrogens is 889 g/mol. The number of carbonyl (C=O) groups excluding carboxylic acids is 6. The molecule has 1 unspecified atom stereocenters. The van der Waals surface area contributed by atoms with Gasteiger partial charge in [-0.2, -0.15) is 0 Å². The zero-order chi connectivity index (χ0) is 50.9. The summed E-state index contributed by atoms with van der Waals surface area (Å²) in [6.45, 7) is 15.8. The molecule has 2 aliphatic carbocycles. The summed E-state index contributed by atoms with van der Waals surface area (Å²) in [5, 5.41) is 18.1. The first kappa shape index (κ1) is 53.6. The Bertz CT molecular complexity index is 2210. The van der Waals surface area contributed by atoms with E-state index in [2.05, 4.69) is 55.6 Å². The van der Waals surface area contributed by atoms with E-state index in [1.54, 1.807) is 37.7 Å². The second-order valence-corrected chi connectivity index (χ2v) is 21.1. The number of fused-ring (bicyclic) bond motifs is 2. The van der Waals surface area contributed by atoms with Crippen molar-refractivity contribution >= 4 is 35.4 Å². The van der Waals surface area contributed by atoms with Crippen LogP contribution in [0.5, 0.6) is 0 Å². The Labute approximate surface area is 414 Å². The van der Waals surface area contributed by atoms with E-state index in [1.807, 2.05) is 90.1 Å². The third kappa shape index (κ3) is 12.8. The molecule has 6 rings (SSSR count). The summed E-state index contributed by atoms with van der Waals surface area (Å²) in [5.41, 5.74) is 2.84. The van der Waals surface area contributed by atoms with Crippen LogP contribution in [-0.2, 0) is 51.1 Å². The van der Waals surface area contributed by atoms with Crippen LogP contribution >= 0.6 is 0 Å². The second-order valence-electron chi connectivity index (χ2n) is 21.1. The van der Waals surface area contributed by atoms with Gasteiger partial charge in [-0.1, -0.05) is 102 Å². The highest BCUT2D eigenvalue weighted by Crippen LogP contribution is 2.36. The van der Waals surface area contributed by atoms with Crippen LogP contribution in [0.15, 0.2) is 48.5 Å². The topological polar surface area (TPSA) is 200 Å². The zero-order valence-electron chi connectivity index (χ0n) is 42.6. The summed E-state index contributed by atoms with van der Waals surface area (Å²) in [6, 6.07) is 10.8. The summed E-state index contributed by atoms with van der Waals surface area (Å²) < 4.78 is 12.6. The molecule has 6 amide bonds. The van der Waals surface area contributed by atoms with Crippen LogP contribution in [0, 0.1) is 34.5 Å². The average molecular weight is 963 g/mol. The van der Waals surface area contributed by atoms with Crippen LogP contribution in [0.3, 0.4) is 0 Å². The van der Waals surface area contributed by atoms with Gasteiger partial charge in [0, 0.05) is 25.9 Å². The predicted molar refractivity (Wildman–Crippen MR) is 266 cm³/mol. The number of nitrogens with zero attached hydrogens (tertiary/aromatic N) is 2. The zero-order valence-corrected chi connectivity index (χ0v) is 42.6. The molecule has 0 bridgehead atoms. The lowest BCUT2D eigenvalue weighted by molar-refractivity contribution is -0.144. The van der Waals surface area contributed by atoms with E-state index in [9.17, 15) is 28.8 Å². The summed E-state index contributed by atoms with van der Waals surface area (Å²) in [7, 11) is 3.37. The highest BCUT2D eigenvalue weighted by molar-refractivity contribution is 5.95. The summed E-state index contributed by atoms with van der Waals surface area (Å²) in [5.74, 6) is 10.0. The van der Waals surface area contributed by atoms with E-state index in [0.29, 0.717) is 51.6 Å². The van der Waals surface area contributed by atoms with Crippen LogP contribution in [0.25, 0.3) is 0 Å². The van der Waals surface area contributed by atoms with Crippen LogP contribution in [-0.4, -0.2) is 134 Å². The second kappa shape index (κ2) is 23.4. The number of likely N-dealkylation sites (tertiary alicyclic amines) is 2. The molecule has 70 heavy (non-hydrogen) atoms. The molecule has 6 N–H and O–H groups in total. The van der Waals surface area contributed by atoms with Gasteiger partial charge in [-0.15, -0.1) is 0 Å². The van der Waals surface area contributed by atoms with Crippen LogP contribution < -0.4 is 31.9 Å². The Balaban J connectivity index is 1.05. The molecule has 2 aromatic rings. The molecule has 10 atom stereocenters. The first-order valence-corrected chi connectivity index (χ1v) is 24.8. The smallest absolute Gasteiger partial charge is 0.246 e. The fourth-order valence-corrected chi connectivity index (χ4v) is 9.76. The number of ether oxygens (including phenoxy) is 2. The first-order chi connectivity index (χ1) is 33.2. The minimum absolute atomic E-state index is 0.0667. The standard InChI is InChI=1S/C54H74N8O8/c1-33(55-9)47(63)59-45(53(3,4)5)51(67)61-27-19-25-39(61)49(65)57-43-37-23-15-13-21-35(37)31-41(43)69-29-17-11-12-18-30-70-42-32-36-22-14-16-24-38(36)44(42)58-50(66)40-26-20-28-62(40)52(68)46(54(6,7)8)60-48(64)34(2)56-10/h13-16,21-24,33-34,39-46,55-56H,19-20,25-32H2,1-10H3,(H,57,65)(H,58,66)(H,59,63)(H,60,64)/t33-,34-,39-,40?,41-,42+,43-,44-,45+,46+/m0/s1. The lowest BCUT2D eigenvalue weighted by Gasteiger charge is -2.36. The molecule has 2 aliphatic heterocycles. The van der Waals surface area contributed by atoms with Crippen molar-refractivity contribution in [2.24, 2.45) is 10.8 Å². The van der Waals surface area contributed by atoms with E-state index in [1.165, 1.54) is 0 Å². The fourth-order valence-electron chi connectivity index (χ4n) is 9.76. The molecule has 2 aromatic carbocycles. The molecule has 0 saturated carbocycles. The van der Waals surface area contributed by atoms with E-state index >= 15 is 0 Å². The van der Waals surface area contributed by atoms with Crippen molar-refractivity contribution in [3.63, 3.8) is 0 Å². The molecule has 2 heterocycles. The molecule has 16 nitrogen and oxygen atoms in total. The molecule has 2 saturated heterocycles. The van der Waals surface area contributed by atoms with E-state index < -0.39 is 71.4 Å². The maximum atomic E-state index is 14.1. The molecule has 4 aliphatic rings. The number of rotatable bonds is 16. The van der Waals surface area contributed by atoms with Gasteiger partial charge >= 0.3 is 0 Å². The van der Waals surface area contributed by atoms with Crippen LogP contribution in [0.2, 0.25) is 0 Å². The fraction of sp³-hybridized carbons (Fsp3) is 0.593. The third-order valence-electron chi connectivity index (χ3n) is 14.1. The normalized spacial score (nSPS) is 23.3. The third-order valence-corrected chi connectivity index (χ3v) is 14.1. The molecule has 0 radical (unpaired) electrons. The SMILES string of the molecule is CN[C@@H](C)C(=O)N[C@H](C(=O)N1CCCC1C(=O)N[C@H]1c2ccccc2C[C@H]1OCC#CC#CCO[C@H]1Cc2ccccc2[C@@H]1NC(=O)[C@@H]1CCCN1C(=O)[C@@H](NC(=O)[C@H](C)NC)C(C)(C)C)C(C)(C)C. The Morgan fingerprint density at radius 1 is 0.614 bits per heavy atom.